The summed E-state index contributed by atoms with van der Waals surface area (Å²) in [6.07, 6.45) is -3.32. The molecule has 0 aliphatic carbocycles. The minimum Gasteiger partial charge on any atom is -0.380 e. The van der Waals surface area contributed by atoms with Gasteiger partial charge >= 0.3 is 6.18 Å². The standard InChI is InChI=1S/C11H16F3N3O3/c12-11(13,14)7-19-6-1-8-16-9(20-17-8)10(18)2-4-15-5-3-10/h15,18H,1-7H2. The van der Waals surface area contributed by atoms with Crippen LogP contribution in [0.5, 0.6) is 0 Å². The molecule has 20 heavy (non-hydrogen) atoms. The molecule has 114 valence electrons. The molecule has 0 atom stereocenters. The van der Waals surface area contributed by atoms with Crippen molar-refractivity contribution < 1.29 is 27.5 Å². The third-order valence-corrected chi connectivity index (χ3v) is 3.03. The molecule has 0 spiro atoms. The molecule has 9 heteroatoms. The Hall–Kier alpha value is -1.19. The highest BCUT2D eigenvalue weighted by Gasteiger charge is 2.36. The number of nitrogens with zero attached hydrogens (tertiary/aromatic N) is 2. The molecule has 1 aliphatic rings. The monoisotopic (exact) mass is 295 g/mol. The van der Waals surface area contributed by atoms with Crippen LogP contribution in [0.25, 0.3) is 0 Å². The lowest BCUT2D eigenvalue weighted by molar-refractivity contribution is -0.173. The predicted molar refractivity (Wildman–Crippen MR) is 60.9 cm³/mol. The highest BCUT2D eigenvalue weighted by molar-refractivity contribution is 5.01. The molecule has 0 aromatic carbocycles. The number of aromatic nitrogens is 2. The molecule has 1 aromatic rings. The van der Waals surface area contributed by atoms with Crippen molar-refractivity contribution in [2.24, 2.45) is 0 Å². The van der Waals surface area contributed by atoms with Gasteiger partial charge in [-0.3, -0.25) is 0 Å². The Morgan fingerprint density at radius 2 is 2.05 bits per heavy atom. The van der Waals surface area contributed by atoms with E-state index in [0.717, 1.165) is 0 Å². The van der Waals surface area contributed by atoms with Gasteiger partial charge in [0.15, 0.2) is 5.82 Å². The second kappa shape index (κ2) is 6.06. The number of rotatable bonds is 5. The Balaban J connectivity index is 1.83. The number of alkyl halides is 3. The highest BCUT2D eigenvalue weighted by atomic mass is 19.4. The van der Waals surface area contributed by atoms with E-state index >= 15 is 0 Å². The molecule has 1 aromatic heterocycles. The van der Waals surface area contributed by atoms with Crippen LogP contribution in [0.15, 0.2) is 4.52 Å². The molecule has 2 N–H and O–H groups in total. The summed E-state index contributed by atoms with van der Waals surface area (Å²) >= 11 is 0. The number of halogens is 3. The average Bonchev–Trinajstić information content (AvgIpc) is 2.84. The van der Waals surface area contributed by atoms with Crippen molar-refractivity contribution >= 4 is 0 Å². The van der Waals surface area contributed by atoms with E-state index in [9.17, 15) is 18.3 Å². The summed E-state index contributed by atoms with van der Waals surface area (Å²) in [5.41, 5.74) is -1.15. The lowest BCUT2D eigenvalue weighted by Gasteiger charge is -2.28. The Bertz CT molecular complexity index is 430. The summed E-state index contributed by atoms with van der Waals surface area (Å²) in [7, 11) is 0. The van der Waals surface area contributed by atoms with Gasteiger partial charge < -0.3 is 19.7 Å². The van der Waals surface area contributed by atoms with Gasteiger partial charge in [0.25, 0.3) is 5.89 Å². The maximum Gasteiger partial charge on any atom is 0.411 e. The fourth-order valence-corrected chi connectivity index (χ4v) is 1.95. The second-order valence-electron chi connectivity index (χ2n) is 4.72. The van der Waals surface area contributed by atoms with Crippen molar-refractivity contribution in [2.75, 3.05) is 26.3 Å². The van der Waals surface area contributed by atoms with E-state index in [1.165, 1.54) is 0 Å². The predicted octanol–water partition coefficient (Wildman–Crippen LogP) is 0.762. The Labute approximate surface area is 113 Å². The lowest BCUT2D eigenvalue weighted by Crippen LogP contribution is -2.39. The molecule has 2 rings (SSSR count). The van der Waals surface area contributed by atoms with Crippen molar-refractivity contribution in [1.29, 1.82) is 0 Å². The van der Waals surface area contributed by atoms with Gasteiger partial charge in [0, 0.05) is 6.42 Å². The minimum absolute atomic E-state index is 0.105. The van der Waals surface area contributed by atoms with E-state index in [1.807, 2.05) is 0 Å². The summed E-state index contributed by atoms with van der Waals surface area (Å²) < 4.78 is 45.0. The van der Waals surface area contributed by atoms with Gasteiger partial charge in [-0.15, -0.1) is 0 Å². The van der Waals surface area contributed by atoms with E-state index in [4.69, 9.17) is 4.52 Å². The van der Waals surface area contributed by atoms with Crippen LogP contribution in [-0.2, 0) is 16.8 Å². The van der Waals surface area contributed by atoms with Gasteiger partial charge in [0.2, 0.25) is 0 Å². The zero-order chi connectivity index (χ0) is 14.6. The number of hydrogen-bond acceptors (Lipinski definition) is 6. The largest absolute Gasteiger partial charge is 0.411 e. The fraction of sp³-hybridized carbons (Fsp3) is 0.818. The first-order chi connectivity index (χ1) is 9.39. The molecule has 2 heterocycles. The van der Waals surface area contributed by atoms with Crippen LogP contribution >= 0.6 is 0 Å². The maximum absolute atomic E-state index is 11.9. The van der Waals surface area contributed by atoms with Crippen molar-refractivity contribution in [3.8, 4) is 0 Å². The van der Waals surface area contributed by atoms with Crippen LogP contribution in [0.3, 0.4) is 0 Å². The summed E-state index contributed by atoms with van der Waals surface area (Å²) in [5, 5.41) is 17.1. The number of piperidine rings is 1. The quantitative estimate of drug-likeness (QED) is 0.781. The van der Waals surface area contributed by atoms with Crippen LogP contribution in [0.1, 0.15) is 24.6 Å². The first-order valence-corrected chi connectivity index (χ1v) is 6.30. The Morgan fingerprint density at radius 1 is 1.35 bits per heavy atom. The van der Waals surface area contributed by atoms with E-state index in [1.54, 1.807) is 0 Å². The third-order valence-electron chi connectivity index (χ3n) is 3.03. The molecule has 0 radical (unpaired) electrons. The van der Waals surface area contributed by atoms with Crippen LogP contribution < -0.4 is 5.32 Å². The first kappa shape index (κ1) is 15.2. The molecule has 0 bridgehead atoms. The van der Waals surface area contributed by atoms with E-state index in [0.29, 0.717) is 25.9 Å². The number of aliphatic hydroxyl groups is 1. The average molecular weight is 295 g/mol. The summed E-state index contributed by atoms with van der Waals surface area (Å²) in [4.78, 5) is 4.02. The van der Waals surface area contributed by atoms with Crippen molar-refractivity contribution in [1.82, 2.24) is 15.5 Å². The van der Waals surface area contributed by atoms with Gasteiger partial charge in [-0.2, -0.15) is 18.2 Å². The molecule has 1 fully saturated rings. The Kier molecular flexibility index (Phi) is 4.61. The van der Waals surface area contributed by atoms with Gasteiger partial charge in [-0.1, -0.05) is 5.16 Å². The van der Waals surface area contributed by atoms with E-state index in [-0.39, 0.29) is 24.7 Å². The van der Waals surface area contributed by atoms with E-state index in [2.05, 4.69) is 20.2 Å². The number of hydrogen-bond donors (Lipinski definition) is 2. The van der Waals surface area contributed by atoms with Gasteiger partial charge in [-0.25, -0.2) is 0 Å². The number of ether oxygens (including phenoxy) is 1. The normalized spacial score (nSPS) is 19.2. The molecular weight excluding hydrogens is 279 g/mol. The van der Waals surface area contributed by atoms with Gasteiger partial charge in [0.05, 0.1) is 6.61 Å². The first-order valence-electron chi connectivity index (χ1n) is 6.30. The molecule has 0 saturated carbocycles. The van der Waals surface area contributed by atoms with Crippen LogP contribution in [0.4, 0.5) is 13.2 Å². The zero-order valence-corrected chi connectivity index (χ0v) is 10.7. The Morgan fingerprint density at radius 3 is 2.70 bits per heavy atom. The molecule has 6 nitrogen and oxygen atoms in total. The van der Waals surface area contributed by atoms with Crippen LogP contribution in [0, 0.1) is 0 Å². The second-order valence-corrected chi connectivity index (χ2v) is 4.72. The van der Waals surface area contributed by atoms with E-state index < -0.39 is 18.4 Å². The smallest absolute Gasteiger partial charge is 0.380 e. The fourth-order valence-electron chi connectivity index (χ4n) is 1.95. The maximum atomic E-state index is 11.9. The number of nitrogens with one attached hydrogen (secondary N) is 1. The molecule has 1 saturated heterocycles. The van der Waals surface area contributed by atoms with Crippen molar-refractivity contribution in [2.45, 2.75) is 31.0 Å². The topological polar surface area (TPSA) is 80.4 Å². The third kappa shape index (κ3) is 4.15. The lowest BCUT2D eigenvalue weighted by atomic mass is 9.92. The zero-order valence-electron chi connectivity index (χ0n) is 10.7. The molecular formula is C11H16F3N3O3. The molecule has 0 amide bonds. The highest BCUT2D eigenvalue weighted by Crippen LogP contribution is 2.28. The van der Waals surface area contributed by atoms with Crippen molar-refractivity contribution in [3.63, 3.8) is 0 Å². The summed E-state index contributed by atoms with van der Waals surface area (Å²) in [6, 6.07) is 0. The summed E-state index contributed by atoms with van der Waals surface area (Å²) in [5.74, 6) is 0.346. The SMILES string of the molecule is OC1(c2nc(CCOCC(F)(F)F)no2)CCNCC1. The molecule has 1 aliphatic heterocycles. The summed E-state index contributed by atoms with van der Waals surface area (Å²) in [6.45, 7) is -0.169. The minimum atomic E-state index is -4.34. The van der Waals surface area contributed by atoms with Gasteiger partial charge in [-0.05, 0) is 25.9 Å². The van der Waals surface area contributed by atoms with Gasteiger partial charge in [0.1, 0.15) is 12.2 Å². The van der Waals surface area contributed by atoms with Crippen LogP contribution in [-0.4, -0.2) is 47.7 Å². The van der Waals surface area contributed by atoms with Crippen LogP contribution in [0.2, 0.25) is 0 Å². The molecule has 0 unspecified atom stereocenters. The van der Waals surface area contributed by atoms with Crippen molar-refractivity contribution in [3.05, 3.63) is 11.7 Å².